The van der Waals surface area contributed by atoms with Crippen LogP contribution in [0.15, 0.2) is 24.3 Å². The van der Waals surface area contributed by atoms with Crippen molar-refractivity contribution in [3.63, 3.8) is 0 Å². The van der Waals surface area contributed by atoms with Crippen molar-refractivity contribution in [1.29, 1.82) is 0 Å². The molecule has 0 fully saturated rings. The van der Waals surface area contributed by atoms with Gasteiger partial charge in [-0.05, 0) is 38.0 Å². The molecule has 19 heavy (non-hydrogen) atoms. The van der Waals surface area contributed by atoms with E-state index < -0.39 is 0 Å². The van der Waals surface area contributed by atoms with Gasteiger partial charge in [0.05, 0.1) is 0 Å². The Labute approximate surface area is 127 Å². The Hall–Kier alpha value is -0.740. The third kappa shape index (κ3) is 5.83. The molecule has 1 atom stereocenters. The molecule has 0 heterocycles. The highest BCUT2D eigenvalue weighted by atomic mass is 79.9. The van der Waals surface area contributed by atoms with Crippen LogP contribution in [0, 0.1) is 0 Å². The molecule has 0 aromatic heterocycles. The number of ether oxygens (including phenoxy) is 1. The Balaban J connectivity index is 2.47. The number of hydrogen-bond donors (Lipinski definition) is 1. The number of amides is 1. The summed E-state index contributed by atoms with van der Waals surface area (Å²) >= 11 is 9.25. The Bertz CT molecular complexity index is 428. The van der Waals surface area contributed by atoms with Crippen molar-refractivity contribution in [2.24, 2.45) is 0 Å². The van der Waals surface area contributed by atoms with Crippen LogP contribution in [0.4, 0.5) is 0 Å². The molecule has 0 aliphatic carbocycles. The highest BCUT2D eigenvalue weighted by Crippen LogP contribution is 2.18. The highest BCUT2D eigenvalue weighted by Gasteiger charge is 2.23. The van der Waals surface area contributed by atoms with Gasteiger partial charge in [0.15, 0.2) is 6.61 Å². The van der Waals surface area contributed by atoms with Gasteiger partial charge < -0.3 is 10.1 Å². The number of hydrogen-bond acceptors (Lipinski definition) is 2. The second kappa shape index (κ2) is 7.75. The van der Waals surface area contributed by atoms with E-state index in [1.165, 1.54) is 0 Å². The van der Waals surface area contributed by atoms with Crippen LogP contribution in [-0.4, -0.2) is 23.4 Å². The van der Waals surface area contributed by atoms with Gasteiger partial charge in [-0.1, -0.05) is 40.5 Å². The Kier molecular flexibility index (Phi) is 6.66. The molecule has 1 unspecified atom stereocenters. The van der Waals surface area contributed by atoms with Gasteiger partial charge in [0.2, 0.25) is 0 Å². The summed E-state index contributed by atoms with van der Waals surface area (Å²) in [6.45, 7) is 4.09. The Morgan fingerprint density at radius 1 is 1.53 bits per heavy atom. The number of carbonyl (C=O) groups is 1. The van der Waals surface area contributed by atoms with Crippen LogP contribution in [0.25, 0.3) is 0 Å². The first-order valence-corrected chi connectivity index (χ1v) is 7.74. The van der Waals surface area contributed by atoms with Crippen LogP contribution in [-0.2, 0) is 4.79 Å². The minimum atomic E-state index is -0.196. The van der Waals surface area contributed by atoms with E-state index in [4.69, 9.17) is 16.3 Å². The van der Waals surface area contributed by atoms with Crippen molar-refractivity contribution >= 4 is 33.4 Å². The highest BCUT2D eigenvalue weighted by molar-refractivity contribution is 9.09. The largest absolute Gasteiger partial charge is 0.484 e. The number of benzene rings is 1. The molecule has 1 aromatic rings. The topological polar surface area (TPSA) is 38.3 Å². The molecule has 1 aromatic carbocycles. The van der Waals surface area contributed by atoms with Crippen molar-refractivity contribution in [3.05, 3.63) is 29.3 Å². The molecule has 0 spiro atoms. The van der Waals surface area contributed by atoms with E-state index >= 15 is 0 Å². The minimum absolute atomic E-state index is 0.00177. The van der Waals surface area contributed by atoms with Crippen LogP contribution in [0.1, 0.15) is 26.7 Å². The first kappa shape index (κ1) is 16.3. The second-order valence-corrected chi connectivity index (χ2v) is 5.88. The summed E-state index contributed by atoms with van der Waals surface area (Å²) in [5, 5.41) is 4.45. The molecule has 1 rings (SSSR count). The maximum atomic E-state index is 11.9. The average Bonchev–Trinajstić information content (AvgIpc) is 2.37. The first-order valence-electron chi connectivity index (χ1n) is 6.24. The fourth-order valence-corrected chi connectivity index (χ4v) is 2.67. The number of rotatable bonds is 7. The van der Waals surface area contributed by atoms with E-state index in [1.807, 2.05) is 6.92 Å². The van der Waals surface area contributed by atoms with Gasteiger partial charge in [-0.3, -0.25) is 4.79 Å². The molecule has 3 nitrogen and oxygen atoms in total. The summed E-state index contributed by atoms with van der Waals surface area (Å²) in [4.78, 5) is 11.9. The maximum Gasteiger partial charge on any atom is 0.258 e. The van der Waals surface area contributed by atoms with Crippen LogP contribution in [0.3, 0.4) is 0 Å². The molecule has 1 amide bonds. The molecular weight excluding hydrogens is 330 g/mol. The van der Waals surface area contributed by atoms with Gasteiger partial charge in [-0.15, -0.1) is 0 Å². The number of halogens is 2. The van der Waals surface area contributed by atoms with Gasteiger partial charge in [-0.2, -0.15) is 0 Å². The van der Waals surface area contributed by atoms with Crippen molar-refractivity contribution < 1.29 is 9.53 Å². The molecule has 0 saturated heterocycles. The van der Waals surface area contributed by atoms with Gasteiger partial charge in [0.25, 0.3) is 5.91 Å². The first-order chi connectivity index (χ1) is 8.99. The number of alkyl halides is 1. The maximum absolute atomic E-state index is 11.9. The van der Waals surface area contributed by atoms with E-state index in [2.05, 4.69) is 28.2 Å². The van der Waals surface area contributed by atoms with Crippen LogP contribution in [0.5, 0.6) is 5.75 Å². The summed E-state index contributed by atoms with van der Waals surface area (Å²) in [6.07, 6.45) is 1.76. The molecule has 106 valence electrons. The van der Waals surface area contributed by atoms with Crippen LogP contribution < -0.4 is 10.1 Å². The van der Waals surface area contributed by atoms with Crippen LogP contribution >= 0.6 is 27.5 Å². The van der Waals surface area contributed by atoms with Crippen molar-refractivity contribution in [2.45, 2.75) is 32.2 Å². The fourth-order valence-electron chi connectivity index (χ4n) is 1.61. The minimum Gasteiger partial charge on any atom is -0.484 e. The SMILES string of the molecule is CCC(C)(CCBr)NC(=O)COc1cccc(Cl)c1. The summed E-state index contributed by atoms with van der Waals surface area (Å²) in [5.41, 5.74) is -0.196. The Morgan fingerprint density at radius 3 is 2.84 bits per heavy atom. The quantitative estimate of drug-likeness (QED) is 0.761. The van der Waals surface area contributed by atoms with E-state index in [1.54, 1.807) is 24.3 Å². The molecule has 0 aliphatic rings. The van der Waals surface area contributed by atoms with Crippen molar-refractivity contribution in [1.82, 2.24) is 5.32 Å². The van der Waals surface area contributed by atoms with Gasteiger partial charge in [-0.25, -0.2) is 0 Å². The zero-order valence-electron chi connectivity index (χ0n) is 11.2. The molecule has 0 aliphatic heterocycles. The number of nitrogens with one attached hydrogen (secondary N) is 1. The monoisotopic (exact) mass is 347 g/mol. The predicted molar refractivity (Wildman–Crippen MR) is 82.2 cm³/mol. The third-order valence-corrected chi connectivity index (χ3v) is 3.67. The van der Waals surface area contributed by atoms with Gasteiger partial charge >= 0.3 is 0 Å². The molecular formula is C14H19BrClNO2. The predicted octanol–water partition coefficient (Wildman–Crippen LogP) is 3.79. The molecule has 5 heteroatoms. The van der Waals surface area contributed by atoms with Gasteiger partial charge in [0.1, 0.15) is 5.75 Å². The molecule has 0 bridgehead atoms. The third-order valence-electron chi connectivity index (χ3n) is 3.03. The molecule has 0 radical (unpaired) electrons. The summed E-state index contributed by atoms with van der Waals surface area (Å²) in [7, 11) is 0. The smallest absolute Gasteiger partial charge is 0.258 e. The average molecular weight is 349 g/mol. The lowest BCUT2D eigenvalue weighted by Crippen LogP contribution is -2.47. The zero-order valence-corrected chi connectivity index (χ0v) is 13.6. The normalized spacial score (nSPS) is 13.7. The number of carbonyl (C=O) groups excluding carboxylic acids is 1. The Morgan fingerprint density at radius 2 is 2.26 bits per heavy atom. The van der Waals surface area contributed by atoms with Crippen molar-refractivity contribution in [3.8, 4) is 5.75 Å². The van der Waals surface area contributed by atoms with Crippen LogP contribution in [0.2, 0.25) is 5.02 Å². The van der Waals surface area contributed by atoms with E-state index in [0.29, 0.717) is 10.8 Å². The standard InChI is InChI=1S/C14H19BrClNO2/c1-3-14(2,7-8-15)17-13(18)10-19-12-6-4-5-11(16)9-12/h4-6,9H,3,7-8,10H2,1-2H3,(H,17,18). The fraction of sp³-hybridized carbons (Fsp3) is 0.500. The van der Waals surface area contributed by atoms with Gasteiger partial charge in [0, 0.05) is 15.9 Å². The van der Waals surface area contributed by atoms with E-state index in [9.17, 15) is 4.79 Å². The lowest BCUT2D eigenvalue weighted by molar-refractivity contribution is -0.125. The lowest BCUT2D eigenvalue weighted by Gasteiger charge is -2.29. The molecule has 1 N–H and O–H groups in total. The summed E-state index contributed by atoms with van der Waals surface area (Å²) in [6, 6.07) is 7.01. The van der Waals surface area contributed by atoms with Crippen molar-refractivity contribution in [2.75, 3.05) is 11.9 Å². The zero-order chi connectivity index (χ0) is 14.3. The van der Waals surface area contributed by atoms with E-state index in [-0.39, 0.29) is 18.1 Å². The summed E-state index contributed by atoms with van der Waals surface area (Å²) < 4.78 is 5.41. The summed E-state index contributed by atoms with van der Waals surface area (Å²) in [5.74, 6) is 0.478. The lowest BCUT2D eigenvalue weighted by atomic mass is 9.95. The van der Waals surface area contributed by atoms with E-state index in [0.717, 1.165) is 18.2 Å². The molecule has 0 saturated carbocycles. The second-order valence-electron chi connectivity index (χ2n) is 4.65.